The van der Waals surface area contributed by atoms with Crippen molar-refractivity contribution in [2.75, 3.05) is 0 Å². The van der Waals surface area contributed by atoms with Crippen molar-refractivity contribution in [3.63, 3.8) is 0 Å². The van der Waals surface area contributed by atoms with Crippen LogP contribution < -0.4 is 4.84 Å². The topological polar surface area (TPSA) is 52.8 Å². The molecule has 16 heavy (non-hydrogen) atoms. The molecule has 0 amide bonds. The van der Waals surface area contributed by atoms with E-state index in [9.17, 15) is 0 Å². The third-order valence-electron chi connectivity index (χ3n) is 2.21. The molecule has 5 heteroatoms. The van der Waals surface area contributed by atoms with Gasteiger partial charge in [0.2, 0.25) is 5.65 Å². The molecule has 2 heterocycles. The summed E-state index contributed by atoms with van der Waals surface area (Å²) in [6.07, 6.45) is 1.67. The maximum atomic E-state index is 5.52. The molecule has 0 fully saturated rings. The summed E-state index contributed by atoms with van der Waals surface area (Å²) in [4.78, 5) is 11.0. The molecule has 2 aromatic rings. The summed E-state index contributed by atoms with van der Waals surface area (Å²) in [5.41, 5.74) is 1.14. The van der Waals surface area contributed by atoms with Crippen LogP contribution in [-0.2, 0) is 0 Å². The minimum atomic E-state index is -0.146. The highest BCUT2D eigenvalue weighted by Crippen LogP contribution is 2.22. The standard InChI is InChI=1S/C11H14N4O/c1-8(11(2,3)4)16-15-10-9(13-14-15)6-5-7-12-10/h5-7H,1H2,2-4H3. The lowest BCUT2D eigenvalue weighted by Crippen LogP contribution is -2.21. The Morgan fingerprint density at radius 1 is 1.44 bits per heavy atom. The monoisotopic (exact) mass is 218 g/mol. The molecule has 0 atom stereocenters. The molecule has 2 rings (SSSR count). The van der Waals surface area contributed by atoms with Crippen molar-refractivity contribution in [2.24, 2.45) is 5.41 Å². The third-order valence-corrected chi connectivity index (χ3v) is 2.21. The second-order valence-corrected chi connectivity index (χ2v) is 4.57. The van der Waals surface area contributed by atoms with Crippen molar-refractivity contribution in [1.29, 1.82) is 0 Å². The lowest BCUT2D eigenvalue weighted by atomic mass is 9.95. The quantitative estimate of drug-likeness (QED) is 0.721. The van der Waals surface area contributed by atoms with E-state index < -0.39 is 0 Å². The fourth-order valence-electron chi connectivity index (χ4n) is 1.05. The Kier molecular flexibility index (Phi) is 2.38. The first-order valence-electron chi connectivity index (χ1n) is 5.02. The molecule has 0 unspecified atom stereocenters. The van der Waals surface area contributed by atoms with Crippen molar-refractivity contribution in [2.45, 2.75) is 20.8 Å². The molecule has 0 spiro atoms. The number of pyridine rings is 1. The van der Waals surface area contributed by atoms with Gasteiger partial charge in [0.15, 0.2) is 0 Å². The summed E-state index contributed by atoms with van der Waals surface area (Å²) in [6, 6.07) is 3.63. The van der Waals surface area contributed by atoms with E-state index >= 15 is 0 Å². The summed E-state index contributed by atoms with van der Waals surface area (Å²) in [5.74, 6) is 0.616. The highest BCUT2D eigenvalue weighted by molar-refractivity contribution is 5.68. The van der Waals surface area contributed by atoms with Gasteiger partial charge in [-0.25, -0.2) is 4.98 Å². The Labute approximate surface area is 93.7 Å². The largest absolute Gasteiger partial charge is 0.359 e. The SMILES string of the molecule is C=C(On1nnc2cccnc21)C(C)(C)C. The molecule has 0 aliphatic carbocycles. The van der Waals surface area contributed by atoms with E-state index in [1.807, 2.05) is 26.8 Å². The van der Waals surface area contributed by atoms with Crippen molar-refractivity contribution < 1.29 is 4.84 Å². The molecule has 0 saturated heterocycles. The van der Waals surface area contributed by atoms with E-state index in [0.717, 1.165) is 0 Å². The van der Waals surface area contributed by atoms with Crippen LogP contribution in [0.3, 0.4) is 0 Å². The molecule has 0 aliphatic heterocycles. The molecular weight excluding hydrogens is 204 g/mol. The van der Waals surface area contributed by atoms with Gasteiger partial charge in [-0.2, -0.15) is 0 Å². The predicted molar refractivity (Wildman–Crippen MR) is 60.5 cm³/mol. The first-order chi connectivity index (χ1) is 7.48. The maximum absolute atomic E-state index is 5.52. The Morgan fingerprint density at radius 2 is 2.19 bits per heavy atom. The van der Waals surface area contributed by atoms with Crippen LogP contribution in [0.1, 0.15) is 20.8 Å². The lowest BCUT2D eigenvalue weighted by Gasteiger charge is -2.20. The zero-order chi connectivity index (χ0) is 11.8. The van der Waals surface area contributed by atoms with Crippen molar-refractivity contribution in [3.05, 3.63) is 30.7 Å². The number of aromatic nitrogens is 4. The number of hydrogen-bond acceptors (Lipinski definition) is 4. The molecular formula is C11H14N4O. The second-order valence-electron chi connectivity index (χ2n) is 4.57. The average Bonchev–Trinajstić information content (AvgIpc) is 2.61. The van der Waals surface area contributed by atoms with Crippen LogP contribution in [0.15, 0.2) is 30.7 Å². The highest BCUT2D eigenvalue weighted by atomic mass is 16.7. The molecule has 0 aromatic carbocycles. The molecule has 0 saturated carbocycles. The predicted octanol–water partition coefficient (Wildman–Crippen LogP) is 1.81. The third kappa shape index (κ3) is 1.88. The number of fused-ring (bicyclic) bond motifs is 1. The Hall–Kier alpha value is -1.91. The first-order valence-corrected chi connectivity index (χ1v) is 5.02. The van der Waals surface area contributed by atoms with Gasteiger partial charge in [-0.3, -0.25) is 0 Å². The van der Waals surface area contributed by atoms with E-state index in [2.05, 4.69) is 21.9 Å². The molecule has 84 valence electrons. The van der Waals surface area contributed by atoms with Gasteiger partial charge in [-0.1, -0.05) is 32.2 Å². The Bertz CT molecular complexity index is 524. The van der Waals surface area contributed by atoms with Crippen LogP contribution in [0.25, 0.3) is 11.2 Å². The van der Waals surface area contributed by atoms with Gasteiger partial charge in [0.05, 0.1) is 0 Å². The molecule has 5 nitrogen and oxygen atoms in total. The minimum absolute atomic E-state index is 0.146. The summed E-state index contributed by atoms with van der Waals surface area (Å²) < 4.78 is 0. The van der Waals surface area contributed by atoms with Crippen LogP contribution in [0.4, 0.5) is 0 Å². The minimum Gasteiger partial charge on any atom is -0.359 e. The van der Waals surface area contributed by atoms with E-state index in [1.165, 1.54) is 4.85 Å². The highest BCUT2D eigenvalue weighted by Gasteiger charge is 2.19. The van der Waals surface area contributed by atoms with Gasteiger partial charge < -0.3 is 4.84 Å². The molecule has 0 bridgehead atoms. The van der Waals surface area contributed by atoms with E-state index in [1.54, 1.807) is 12.3 Å². The van der Waals surface area contributed by atoms with Gasteiger partial charge in [0, 0.05) is 11.6 Å². The van der Waals surface area contributed by atoms with Crippen molar-refractivity contribution in [3.8, 4) is 0 Å². The van der Waals surface area contributed by atoms with E-state index in [4.69, 9.17) is 4.84 Å². The molecule has 0 N–H and O–H groups in total. The van der Waals surface area contributed by atoms with Gasteiger partial charge >= 0.3 is 0 Å². The van der Waals surface area contributed by atoms with Gasteiger partial charge in [-0.15, -0.1) is 5.10 Å². The Balaban J connectivity index is 2.32. The zero-order valence-electron chi connectivity index (χ0n) is 9.64. The first kappa shape index (κ1) is 10.6. The van der Waals surface area contributed by atoms with Crippen LogP contribution >= 0.6 is 0 Å². The fourth-order valence-corrected chi connectivity index (χ4v) is 1.05. The molecule has 0 aliphatic rings. The van der Waals surface area contributed by atoms with Crippen LogP contribution in [0.5, 0.6) is 0 Å². The summed E-state index contributed by atoms with van der Waals surface area (Å²) >= 11 is 0. The van der Waals surface area contributed by atoms with Gasteiger partial charge in [0.1, 0.15) is 11.3 Å². The Morgan fingerprint density at radius 3 is 2.88 bits per heavy atom. The molecule has 0 radical (unpaired) electrons. The van der Waals surface area contributed by atoms with E-state index in [-0.39, 0.29) is 5.41 Å². The van der Waals surface area contributed by atoms with Crippen molar-refractivity contribution in [1.82, 2.24) is 20.1 Å². The molecule has 2 aromatic heterocycles. The average molecular weight is 218 g/mol. The van der Waals surface area contributed by atoms with Crippen LogP contribution in [-0.4, -0.2) is 20.1 Å². The smallest absolute Gasteiger partial charge is 0.220 e. The van der Waals surface area contributed by atoms with Gasteiger partial charge in [0.25, 0.3) is 0 Å². The number of rotatable bonds is 2. The number of hydrogen-bond donors (Lipinski definition) is 0. The van der Waals surface area contributed by atoms with Crippen molar-refractivity contribution >= 4 is 11.2 Å². The lowest BCUT2D eigenvalue weighted by molar-refractivity contribution is 0.108. The number of allylic oxidation sites excluding steroid dienone is 1. The van der Waals surface area contributed by atoms with Crippen LogP contribution in [0.2, 0.25) is 0 Å². The van der Waals surface area contributed by atoms with Gasteiger partial charge in [-0.05, 0) is 17.3 Å². The second kappa shape index (κ2) is 3.59. The summed E-state index contributed by atoms with van der Waals surface area (Å²) in [7, 11) is 0. The normalized spacial score (nSPS) is 11.7. The fraction of sp³-hybridized carbons (Fsp3) is 0.364. The zero-order valence-corrected chi connectivity index (χ0v) is 9.64. The number of nitrogens with zero attached hydrogens (tertiary/aromatic N) is 4. The van der Waals surface area contributed by atoms with Crippen LogP contribution in [0, 0.1) is 5.41 Å². The van der Waals surface area contributed by atoms with E-state index in [0.29, 0.717) is 16.9 Å². The summed E-state index contributed by atoms with van der Waals surface area (Å²) in [6.45, 7) is 9.92. The summed E-state index contributed by atoms with van der Waals surface area (Å²) in [5, 5.41) is 7.81. The maximum Gasteiger partial charge on any atom is 0.220 e.